The molecule has 0 saturated carbocycles. The van der Waals surface area contributed by atoms with Crippen LogP contribution in [0, 0.1) is 0 Å². The Morgan fingerprint density at radius 1 is 0.857 bits per heavy atom. The maximum Gasteiger partial charge on any atom is 1.00 e. The first-order chi connectivity index (χ1) is 5.20. The topological polar surface area (TPSA) is 178 Å². The Balaban J connectivity index is -0.0000000270. The molecule has 0 saturated heterocycles. The van der Waals surface area contributed by atoms with Crippen LogP contribution in [0.2, 0.25) is 0 Å². The van der Waals surface area contributed by atoms with Crippen LogP contribution in [0.4, 0.5) is 4.79 Å². The Morgan fingerprint density at radius 3 is 0.857 bits per heavy atom. The van der Waals surface area contributed by atoms with Gasteiger partial charge >= 0.3 is 103 Å². The number of carboxylic acid groups (broad SMARTS) is 2. The van der Waals surface area contributed by atoms with Crippen molar-refractivity contribution < 1.29 is 144 Å². The molecule has 0 rings (SSSR count). The Labute approximate surface area is 169 Å². The van der Waals surface area contributed by atoms with Gasteiger partial charge in [0.15, 0.2) is 0 Å². The first-order valence-electron chi connectivity index (χ1n) is 1.68. The summed E-state index contributed by atoms with van der Waals surface area (Å²) >= 11 is -5.22. The van der Waals surface area contributed by atoms with Crippen molar-refractivity contribution in [3.63, 3.8) is 0 Å². The van der Waals surface area contributed by atoms with Crippen molar-refractivity contribution in [2.75, 3.05) is 0 Å². The van der Waals surface area contributed by atoms with E-state index >= 15 is 0 Å². The molecule has 76 valence electrons. The normalized spacial score (nSPS) is 6.71. The third kappa shape index (κ3) is 382. The van der Waals surface area contributed by atoms with E-state index in [1.54, 1.807) is 0 Å². The van der Waals surface area contributed by atoms with Crippen molar-refractivity contribution in [1.82, 2.24) is 0 Å². The minimum Gasteiger partial charge on any atom is -0.652 e. The summed E-state index contributed by atoms with van der Waals surface area (Å²) < 4.78 is 45.7. The molecule has 0 spiro atoms. The van der Waals surface area contributed by atoms with Crippen LogP contribution >= 0.6 is 0 Å². The van der Waals surface area contributed by atoms with Gasteiger partial charge in [-0.2, -0.15) is 8.42 Å². The molecule has 0 aromatic rings. The van der Waals surface area contributed by atoms with Gasteiger partial charge in [-0.25, -0.2) is 0 Å². The molecule has 0 atom stereocenters. The van der Waals surface area contributed by atoms with E-state index in [0.717, 1.165) is 0 Å². The van der Waals surface area contributed by atoms with E-state index in [0.29, 0.717) is 0 Å². The number of carbonyl (C=O) groups excluding carboxylic acids is 1. The maximum atomic E-state index is 8.67. The standard InChI is InChI=1S/CH2O3.2K.2H2O3S/c2-1(3)4;;;2*1-4(2)3/h(H2,2,3,4);;;2*(H2,1,2,3)/q;2*+1;;/p-2. The van der Waals surface area contributed by atoms with Crippen molar-refractivity contribution in [1.29, 1.82) is 0 Å². The van der Waals surface area contributed by atoms with Gasteiger partial charge in [-0.15, -0.1) is 0 Å². The van der Waals surface area contributed by atoms with Gasteiger partial charge in [-0.05, 0) is 6.16 Å². The van der Waals surface area contributed by atoms with E-state index in [-0.39, 0.29) is 103 Å². The van der Waals surface area contributed by atoms with Crippen LogP contribution in [0.3, 0.4) is 0 Å². The predicted octanol–water partition coefficient (Wildman–Crippen LogP) is -9.08. The van der Waals surface area contributed by atoms with E-state index in [4.69, 9.17) is 41.6 Å². The second-order valence-corrected chi connectivity index (χ2v) is 1.63. The van der Waals surface area contributed by atoms with Crippen LogP contribution in [0.1, 0.15) is 0 Å². The van der Waals surface area contributed by atoms with E-state index in [1.807, 2.05) is 0 Å². The number of carbonyl (C=O) groups is 1. The molecule has 0 aliphatic rings. The molecule has 0 bridgehead atoms. The Hall–Kier alpha value is 2.68. The van der Waals surface area contributed by atoms with Crippen molar-refractivity contribution in [3.05, 3.63) is 0 Å². The van der Waals surface area contributed by atoms with E-state index in [2.05, 4.69) is 0 Å². The Kier molecular flexibility index (Phi) is 53.2. The summed E-state index contributed by atoms with van der Waals surface area (Å²) in [4.78, 5) is 8.33. The summed E-state index contributed by atoms with van der Waals surface area (Å²) in [6, 6.07) is 0. The molecule has 0 aromatic heterocycles. The van der Waals surface area contributed by atoms with E-state index < -0.39 is 28.9 Å². The maximum absolute atomic E-state index is 8.67. The number of rotatable bonds is 0. The average Bonchev–Trinajstić information content (AvgIpc) is 1.54. The van der Waals surface area contributed by atoms with Gasteiger partial charge in [-0.3, -0.25) is 18.2 Å². The molecule has 0 aromatic carbocycles. The quantitative estimate of drug-likeness (QED) is 0.250. The van der Waals surface area contributed by atoms with Crippen LogP contribution in [0.5, 0.6) is 0 Å². The monoisotopic (exact) mass is 302 g/mol. The molecule has 9 nitrogen and oxygen atoms in total. The fourth-order valence-electron chi connectivity index (χ4n) is 0. The summed E-state index contributed by atoms with van der Waals surface area (Å²) in [5, 5.41) is 16.7. The molecule has 14 heavy (non-hydrogen) atoms. The number of hydrogen-bond acceptors (Lipinski definition) is 5. The van der Waals surface area contributed by atoms with E-state index in [9.17, 15) is 0 Å². The molecular formula is CH4K2O9S2. The summed E-state index contributed by atoms with van der Waals surface area (Å²) in [5.41, 5.74) is 0. The smallest absolute Gasteiger partial charge is 0.652 e. The van der Waals surface area contributed by atoms with Gasteiger partial charge in [0.25, 0.3) is 22.7 Å². The second-order valence-electron chi connectivity index (χ2n) is 0.711. The van der Waals surface area contributed by atoms with Gasteiger partial charge in [0.2, 0.25) is 0 Å². The predicted molar refractivity (Wildman–Crippen MR) is 32.2 cm³/mol. The Morgan fingerprint density at radius 2 is 0.857 bits per heavy atom. The zero-order chi connectivity index (χ0) is 10.7. The van der Waals surface area contributed by atoms with Crippen molar-refractivity contribution in [2.24, 2.45) is 0 Å². The van der Waals surface area contributed by atoms with Crippen LogP contribution in [0.25, 0.3) is 0 Å². The van der Waals surface area contributed by atoms with Crippen molar-refractivity contribution in [3.8, 4) is 0 Å². The molecule has 0 aliphatic heterocycles. The summed E-state index contributed by atoms with van der Waals surface area (Å²) in [6.45, 7) is 0. The summed E-state index contributed by atoms with van der Waals surface area (Å²) in [5.74, 6) is 0. The van der Waals surface area contributed by atoms with Crippen LogP contribution in [-0.2, 0) is 22.7 Å². The minimum atomic E-state index is -2.61. The summed E-state index contributed by atoms with van der Waals surface area (Å²) in [6.07, 6.45) is -2.33. The molecule has 13 heteroatoms. The third-order valence-corrected chi connectivity index (χ3v) is 0. The molecule has 0 amide bonds. The molecule has 4 N–H and O–H groups in total. The molecule has 0 unspecified atom stereocenters. The van der Waals surface area contributed by atoms with E-state index in [1.165, 1.54) is 0 Å². The van der Waals surface area contributed by atoms with Crippen molar-refractivity contribution >= 4 is 28.9 Å². The molecule has 0 heterocycles. The molecule has 0 fully saturated rings. The first kappa shape index (κ1) is 30.1. The van der Waals surface area contributed by atoms with Gasteiger partial charge in [-0.1, -0.05) is 0 Å². The fourth-order valence-corrected chi connectivity index (χ4v) is 0. The molecule has 0 aliphatic carbocycles. The van der Waals surface area contributed by atoms with Crippen LogP contribution < -0.4 is 113 Å². The van der Waals surface area contributed by atoms with Gasteiger partial charge in [0, 0.05) is 0 Å². The second kappa shape index (κ2) is 24.8. The van der Waals surface area contributed by atoms with Gasteiger partial charge in [0.1, 0.15) is 0 Å². The fraction of sp³-hybridized carbons (Fsp3) is 0. The average molecular weight is 302 g/mol. The largest absolute Gasteiger partial charge is 1.00 e. The van der Waals surface area contributed by atoms with Crippen LogP contribution in [0.15, 0.2) is 0 Å². The molecular weight excluding hydrogens is 298 g/mol. The number of hydrogen-bond donors (Lipinski definition) is 4. The zero-order valence-electron chi connectivity index (χ0n) is 7.15. The van der Waals surface area contributed by atoms with Gasteiger partial charge < -0.3 is 15.0 Å². The van der Waals surface area contributed by atoms with Gasteiger partial charge in [0.05, 0.1) is 0 Å². The first-order valence-corrected chi connectivity index (χ1v) is 3.80. The minimum absolute atomic E-state index is 0. The third-order valence-electron chi connectivity index (χ3n) is 0. The van der Waals surface area contributed by atoms with Crippen molar-refractivity contribution in [2.45, 2.75) is 0 Å². The Bertz CT molecular complexity index is 118. The SMILES string of the molecule is O=C([O-])[O-].O=S(O)O.O=S(O)O.[K+].[K+]. The summed E-state index contributed by atoms with van der Waals surface area (Å²) in [7, 11) is 0. The zero-order valence-corrected chi connectivity index (χ0v) is 15.0. The van der Waals surface area contributed by atoms with Crippen LogP contribution in [-0.4, -0.2) is 32.8 Å². The molecule has 0 radical (unpaired) electrons.